The van der Waals surface area contributed by atoms with Crippen molar-refractivity contribution in [2.24, 2.45) is 0 Å². The van der Waals surface area contributed by atoms with Crippen molar-refractivity contribution in [2.45, 2.75) is 0 Å². The van der Waals surface area contributed by atoms with E-state index in [9.17, 15) is 0 Å². The Hall–Kier alpha value is -1.44. The molecule has 12 heavy (non-hydrogen) atoms. The van der Waals surface area contributed by atoms with Crippen molar-refractivity contribution in [1.82, 2.24) is 0 Å². The zero-order valence-electron chi connectivity index (χ0n) is 6.54. The Morgan fingerprint density at radius 3 is 1.75 bits per heavy atom. The zero-order valence-corrected chi connectivity index (χ0v) is 6.54. The highest BCUT2D eigenvalue weighted by molar-refractivity contribution is 5.87. The summed E-state index contributed by atoms with van der Waals surface area (Å²) in [5.74, 6) is 1.76. The summed E-state index contributed by atoms with van der Waals surface area (Å²) in [7, 11) is 0. The van der Waals surface area contributed by atoms with Crippen LogP contribution in [-0.4, -0.2) is 13.2 Å². The molecule has 0 atom stereocenters. The third-order valence-corrected chi connectivity index (χ3v) is 2.19. The van der Waals surface area contributed by atoms with E-state index in [1.54, 1.807) is 0 Å². The third kappa shape index (κ3) is 0.694. The van der Waals surface area contributed by atoms with Gasteiger partial charge in [0.05, 0.1) is 0 Å². The summed E-state index contributed by atoms with van der Waals surface area (Å²) in [5.41, 5.74) is 2.50. The molecule has 60 valence electrons. The number of fused-ring (bicyclic) bond motifs is 2. The van der Waals surface area contributed by atoms with Gasteiger partial charge in [0.2, 0.25) is 0 Å². The number of rotatable bonds is 0. The summed E-state index contributed by atoms with van der Waals surface area (Å²) >= 11 is 0. The predicted octanol–water partition coefficient (Wildman–Crippen LogP) is 1.94. The maximum absolute atomic E-state index is 5.43. The second-order valence-electron chi connectivity index (χ2n) is 2.96. The van der Waals surface area contributed by atoms with Gasteiger partial charge in [0.25, 0.3) is 0 Å². The number of hydrogen-bond donors (Lipinski definition) is 0. The van der Waals surface area contributed by atoms with Crippen LogP contribution in [0.4, 0.5) is 0 Å². The molecule has 0 saturated carbocycles. The Labute approximate surface area is 70.4 Å². The van der Waals surface area contributed by atoms with E-state index in [0.29, 0.717) is 13.2 Å². The molecule has 0 aromatic heterocycles. The maximum atomic E-state index is 5.43. The quantitative estimate of drug-likeness (QED) is 0.586. The molecule has 0 saturated heterocycles. The van der Waals surface area contributed by atoms with Crippen molar-refractivity contribution >= 4 is 12.2 Å². The number of ether oxygens (including phenoxy) is 2. The van der Waals surface area contributed by atoms with Crippen LogP contribution in [0, 0.1) is 0 Å². The molecule has 2 aliphatic rings. The molecule has 1 aromatic rings. The van der Waals surface area contributed by atoms with Crippen LogP contribution in [0.3, 0.4) is 0 Å². The highest BCUT2D eigenvalue weighted by Crippen LogP contribution is 2.37. The maximum Gasteiger partial charge on any atom is 0.161 e. The van der Waals surface area contributed by atoms with Crippen LogP contribution in [0.2, 0.25) is 0 Å². The molecule has 0 radical (unpaired) electrons. The molecule has 1 heterocycles. The lowest BCUT2D eigenvalue weighted by Gasteiger charge is -2.21. The Balaban J connectivity index is 2.16. The summed E-state index contributed by atoms with van der Waals surface area (Å²) in [4.78, 5) is 0. The molecule has 1 aliphatic heterocycles. The largest absolute Gasteiger partial charge is 0.486 e. The third-order valence-electron chi connectivity index (χ3n) is 2.19. The van der Waals surface area contributed by atoms with Crippen LogP contribution < -0.4 is 9.47 Å². The molecule has 0 bridgehead atoms. The van der Waals surface area contributed by atoms with Gasteiger partial charge in [-0.3, -0.25) is 0 Å². The minimum Gasteiger partial charge on any atom is -0.486 e. The highest BCUT2D eigenvalue weighted by atomic mass is 16.6. The van der Waals surface area contributed by atoms with Crippen LogP contribution in [0.15, 0.2) is 12.1 Å². The molecule has 3 rings (SSSR count). The van der Waals surface area contributed by atoms with Crippen LogP contribution in [0.25, 0.3) is 12.2 Å². The molecular formula is C10H8O2. The Bertz CT molecular complexity index is 331. The second kappa shape index (κ2) is 2.03. The predicted molar refractivity (Wildman–Crippen MR) is 46.4 cm³/mol. The summed E-state index contributed by atoms with van der Waals surface area (Å²) in [6.45, 7) is 1.32. The van der Waals surface area contributed by atoms with E-state index < -0.39 is 0 Å². The van der Waals surface area contributed by atoms with E-state index in [1.807, 2.05) is 12.1 Å². The van der Waals surface area contributed by atoms with E-state index in [2.05, 4.69) is 12.2 Å². The fourth-order valence-electron chi connectivity index (χ4n) is 1.49. The smallest absolute Gasteiger partial charge is 0.161 e. The lowest BCUT2D eigenvalue weighted by Crippen LogP contribution is -2.15. The molecule has 0 amide bonds. The van der Waals surface area contributed by atoms with E-state index in [-0.39, 0.29) is 0 Å². The summed E-state index contributed by atoms with van der Waals surface area (Å²) in [5, 5.41) is 0. The average Bonchev–Trinajstić information content (AvgIpc) is 2.09. The first-order valence-electron chi connectivity index (χ1n) is 4.05. The van der Waals surface area contributed by atoms with Crippen molar-refractivity contribution in [3.05, 3.63) is 23.3 Å². The molecule has 0 spiro atoms. The van der Waals surface area contributed by atoms with Gasteiger partial charge in [-0.25, -0.2) is 0 Å². The van der Waals surface area contributed by atoms with E-state index in [1.165, 1.54) is 11.1 Å². The fraction of sp³-hybridized carbons (Fsp3) is 0.200. The van der Waals surface area contributed by atoms with Crippen molar-refractivity contribution < 1.29 is 9.47 Å². The summed E-state index contributed by atoms with van der Waals surface area (Å²) < 4.78 is 10.9. The van der Waals surface area contributed by atoms with Crippen LogP contribution >= 0.6 is 0 Å². The Morgan fingerprint density at radius 2 is 1.33 bits per heavy atom. The lowest BCUT2D eigenvalue weighted by atomic mass is 9.97. The molecule has 0 fully saturated rings. The topological polar surface area (TPSA) is 18.5 Å². The zero-order chi connectivity index (χ0) is 7.97. The SMILES string of the molecule is C1=Cc2cc3c(cc21)OCCO3. The van der Waals surface area contributed by atoms with Gasteiger partial charge in [-0.1, -0.05) is 12.2 Å². The minimum atomic E-state index is 0.662. The van der Waals surface area contributed by atoms with Gasteiger partial charge in [-0.15, -0.1) is 0 Å². The lowest BCUT2D eigenvalue weighted by molar-refractivity contribution is 0.171. The minimum absolute atomic E-state index is 0.662. The molecule has 2 nitrogen and oxygen atoms in total. The van der Waals surface area contributed by atoms with Gasteiger partial charge in [0.15, 0.2) is 11.5 Å². The van der Waals surface area contributed by atoms with Gasteiger partial charge >= 0.3 is 0 Å². The first kappa shape index (κ1) is 6.12. The Kier molecular flexibility index (Phi) is 1.04. The monoisotopic (exact) mass is 160 g/mol. The van der Waals surface area contributed by atoms with E-state index in [4.69, 9.17) is 9.47 Å². The van der Waals surface area contributed by atoms with Crippen LogP contribution in [0.5, 0.6) is 11.5 Å². The van der Waals surface area contributed by atoms with Gasteiger partial charge in [0.1, 0.15) is 13.2 Å². The van der Waals surface area contributed by atoms with Gasteiger partial charge in [-0.2, -0.15) is 0 Å². The fourth-order valence-corrected chi connectivity index (χ4v) is 1.49. The average molecular weight is 160 g/mol. The summed E-state index contributed by atoms with van der Waals surface area (Å²) in [6, 6.07) is 4.06. The van der Waals surface area contributed by atoms with Crippen molar-refractivity contribution in [3.8, 4) is 11.5 Å². The van der Waals surface area contributed by atoms with E-state index in [0.717, 1.165) is 11.5 Å². The van der Waals surface area contributed by atoms with Crippen LogP contribution in [0.1, 0.15) is 11.1 Å². The molecule has 0 unspecified atom stereocenters. The molecule has 1 aromatic carbocycles. The molecular weight excluding hydrogens is 152 g/mol. The highest BCUT2D eigenvalue weighted by Gasteiger charge is 2.16. The van der Waals surface area contributed by atoms with Crippen molar-refractivity contribution in [2.75, 3.05) is 13.2 Å². The first-order valence-corrected chi connectivity index (χ1v) is 4.05. The van der Waals surface area contributed by atoms with E-state index >= 15 is 0 Å². The van der Waals surface area contributed by atoms with Gasteiger partial charge in [0, 0.05) is 0 Å². The second-order valence-corrected chi connectivity index (χ2v) is 2.96. The van der Waals surface area contributed by atoms with Crippen molar-refractivity contribution in [1.29, 1.82) is 0 Å². The number of benzene rings is 1. The molecule has 0 N–H and O–H groups in total. The van der Waals surface area contributed by atoms with Gasteiger partial charge < -0.3 is 9.47 Å². The normalized spacial score (nSPS) is 16.7. The Morgan fingerprint density at radius 1 is 0.833 bits per heavy atom. The standard InChI is InChI=1S/C10H8O2/c1-2-8-6-10-9(5-7(1)8)11-3-4-12-10/h1-2,5-6H,3-4H2. The van der Waals surface area contributed by atoms with Crippen LogP contribution in [-0.2, 0) is 0 Å². The van der Waals surface area contributed by atoms with Gasteiger partial charge in [-0.05, 0) is 23.3 Å². The van der Waals surface area contributed by atoms with Crippen molar-refractivity contribution in [3.63, 3.8) is 0 Å². The molecule has 1 aliphatic carbocycles. The number of hydrogen-bond acceptors (Lipinski definition) is 2. The first-order chi connectivity index (χ1) is 5.93. The summed E-state index contributed by atoms with van der Waals surface area (Å²) in [6.07, 6.45) is 4.15. The molecule has 2 heteroatoms.